The van der Waals surface area contributed by atoms with Crippen LogP contribution in [-0.4, -0.2) is 24.1 Å². The molecule has 0 heterocycles. The van der Waals surface area contributed by atoms with Gasteiger partial charge in [-0.25, -0.2) is 0 Å². The van der Waals surface area contributed by atoms with Crippen molar-refractivity contribution in [3.8, 4) is 0 Å². The molecule has 2 rings (SSSR count). The standard InChI is InChI=1S/C15H23NS/c1-3-17-15-11-13(9-10-14(15)16-2)12-7-5-4-6-8-12/h4-8,13-16H,3,9-11H2,1-2H3. The van der Waals surface area contributed by atoms with Crippen LogP contribution >= 0.6 is 11.8 Å². The Hall–Kier alpha value is -0.470. The van der Waals surface area contributed by atoms with Gasteiger partial charge in [0.05, 0.1) is 0 Å². The first-order chi connectivity index (χ1) is 8.35. The maximum absolute atomic E-state index is 3.49. The molecule has 1 aromatic rings. The zero-order chi connectivity index (χ0) is 12.1. The summed E-state index contributed by atoms with van der Waals surface area (Å²) < 4.78 is 0. The van der Waals surface area contributed by atoms with Crippen molar-refractivity contribution in [3.63, 3.8) is 0 Å². The average molecular weight is 249 g/mol. The molecule has 1 aromatic carbocycles. The predicted octanol–water partition coefficient (Wildman–Crippen LogP) is 3.66. The van der Waals surface area contributed by atoms with Crippen molar-refractivity contribution in [2.75, 3.05) is 12.8 Å². The molecule has 2 heteroatoms. The van der Waals surface area contributed by atoms with Gasteiger partial charge in [0, 0.05) is 11.3 Å². The lowest BCUT2D eigenvalue weighted by atomic mass is 9.81. The van der Waals surface area contributed by atoms with Crippen LogP contribution in [0.1, 0.15) is 37.7 Å². The number of hydrogen-bond acceptors (Lipinski definition) is 2. The van der Waals surface area contributed by atoms with E-state index >= 15 is 0 Å². The molecule has 0 spiro atoms. The number of rotatable bonds is 4. The molecule has 94 valence electrons. The minimum Gasteiger partial charge on any atom is -0.316 e. The van der Waals surface area contributed by atoms with Gasteiger partial charge in [-0.2, -0.15) is 11.8 Å². The van der Waals surface area contributed by atoms with Crippen molar-refractivity contribution >= 4 is 11.8 Å². The Morgan fingerprint density at radius 2 is 2.00 bits per heavy atom. The highest BCUT2D eigenvalue weighted by Gasteiger charge is 2.29. The van der Waals surface area contributed by atoms with Crippen molar-refractivity contribution in [2.24, 2.45) is 0 Å². The lowest BCUT2D eigenvalue weighted by Gasteiger charge is -2.35. The molecule has 0 saturated heterocycles. The number of nitrogens with one attached hydrogen (secondary N) is 1. The molecule has 0 radical (unpaired) electrons. The van der Waals surface area contributed by atoms with Gasteiger partial charge in [0.25, 0.3) is 0 Å². The van der Waals surface area contributed by atoms with Crippen molar-refractivity contribution in [1.29, 1.82) is 0 Å². The number of hydrogen-bond donors (Lipinski definition) is 1. The van der Waals surface area contributed by atoms with Crippen molar-refractivity contribution < 1.29 is 0 Å². The van der Waals surface area contributed by atoms with Crippen LogP contribution in [-0.2, 0) is 0 Å². The van der Waals surface area contributed by atoms with E-state index in [1.165, 1.54) is 30.6 Å². The smallest absolute Gasteiger partial charge is 0.0206 e. The Bertz CT molecular complexity index is 325. The molecular weight excluding hydrogens is 226 g/mol. The lowest BCUT2D eigenvalue weighted by Crippen LogP contribution is -2.40. The van der Waals surface area contributed by atoms with Gasteiger partial charge >= 0.3 is 0 Å². The molecule has 1 aliphatic carbocycles. The van der Waals surface area contributed by atoms with Gasteiger partial charge in [0.15, 0.2) is 0 Å². The second kappa shape index (κ2) is 6.46. The van der Waals surface area contributed by atoms with Crippen LogP contribution in [0, 0.1) is 0 Å². The molecular formula is C15H23NS. The van der Waals surface area contributed by atoms with E-state index < -0.39 is 0 Å². The van der Waals surface area contributed by atoms with E-state index in [2.05, 4.69) is 61.4 Å². The maximum Gasteiger partial charge on any atom is 0.0206 e. The lowest BCUT2D eigenvalue weighted by molar-refractivity contribution is 0.369. The third kappa shape index (κ3) is 3.26. The fraction of sp³-hybridized carbons (Fsp3) is 0.600. The summed E-state index contributed by atoms with van der Waals surface area (Å²) in [4.78, 5) is 0. The van der Waals surface area contributed by atoms with Gasteiger partial charge in [0.1, 0.15) is 0 Å². The highest BCUT2D eigenvalue weighted by atomic mass is 32.2. The normalized spacial score (nSPS) is 29.2. The van der Waals surface area contributed by atoms with Crippen molar-refractivity contribution in [3.05, 3.63) is 35.9 Å². The summed E-state index contributed by atoms with van der Waals surface area (Å²) in [5.41, 5.74) is 1.53. The Morgan fingerprint density at radius 1 is 1.24 bits per heavy atom. The zero-order valence-electron chi connectivity index (χ0n) is 10.9. The SMILES string of the molecule is CCSC1CC(c2ccccc2)CCC1NC. The van der Waals surface area contributed by atoms with Gasteiger partial charge in [-0.15, -0.1) is 0 Å². The first-order valence-corrected chi connectivity index (χ1v) is 7.73. The van der Waals surface area contributed by atoms with E-state index in [9.17, 15) is 0 Å². The first-order valence-electron chi connectivity index (χ1n) is 6.69. The zero-order valence-corrected chi connectivity index (χ0v) is 11.7. The summed E-state index contributed by atoms with van der Waals surface area (Å²) >= 11 is 2.12. The summed E-state index contributed by atoms with van der Waals surface area (Å²) in [5, 5.41) is 4.27. The van der Waals surface area contributed by atoms with Gasteiger partial charge < -0.3 is 5.32 Å². The minimum atomic E-state index is 0.708. The van der Waals surface area contributed by atoms with E-state index in [4.69, 9.17) is 0 Å². The molecule has 0 amide bonds. The molecule has 1 N–H and O–H groups in total. The van der Waals surface area contributed by atoms with Crippen LogP contribution in [0.5, 0.6) is 0 Å². The van der Waals surface area contributed by atoms with E-state index in [0.29, 0.717) is 6.04 Å². The average Bonchev–Trinajstić information content (AvgIpc) is 2.40. The summed E-state index contributed by atoms with van der Waals surface area (Å²) in [6.07, 6.45) is 3.97. The second-order valence-electron chi connectivity index (χ2n) is 4.81. The molecule has 1 saturated carbocycles. The Labute approximate surface area is 109 Å². The summed E-state index contributed by atoms with van der Waals surface area (Å²) in [6, 6.07) is 11.7. The third-order valence-corrected chi connectivity index (χ3v) is 5.10. The molecule has 0 aliphatic heterocycles. The Morgan fingerprint density at radius 3 is 2.65 bits per heavy atom. The van der Waals surface area contributed by atoms with Gasteiger partial charge in [-0.3, -0.25) is 0 Å². The molecule has 0 bridgehead atoms. The maximum atomic E-state index is 3.49. The van der Waals surface area contributed by atoms with Crippen LogP contribution < -0.4 is 5.32 Å². The molecule has 1 fully saturated rings. The van der Waals surface area contributed by atoms with Crippen LogP contribution in [0.25, 0.3) is 0 Å². The topological polar surface area (TPSA) is 12.0 Å². The molecule has 1 nitrogen and oxygen atoms in total. The molecule has 1 aliphatic rings. The van der Waals surface area contributed by atoms with E-state index in [-0.39, 0.29) is 0 Å². The van der Waals surface area contributed by atoms with Crippen molar-refractivity contribution in [2.45, 2.75) is 43.4 Å². The first kappa shape index (κ1) is 13.0. The van der Waals surface area contributed by atoms with Gasteiger partial charge in [0.2, 0.25) is 0 Å². The molecule has 0 aromatic heterocycles. The summed E-state index contributed by atoms with van der Waals surface area (Å²) in [6.45, 7) is 2.27. The Kier molecular flexibility index (Phi) is 4.93. The third-order valence-electron chi connectivity index (χ3n) is 3.81. The Balaban J connectivity index is 2.03. The van der Waals surface area contributed by atoms with E-state index in [0.717, 1.165) is 11.2 Å². The summed E-state index contributed by atoms with van der Waals surface area (Å²) in [5.74, 6) is 1.99. The second-order valence-corrected chi connectivity index (χ2v) is 6.33. The minimum absolute atomic E-state index is 0.708. The van der Waals surface area contributed by atoms with Gasteiger partial charge in [-0.1, -0.05) is 37.3 Å². The fourth-order valence-electron chi connectivity index (χ4n) is 2.89. The monoisotopic (exact) mass is 249 g/mol. The number of thioether (sulfide) groups is 1. The fourth-order valence-corrected chi connectivity index (χ4v) is 4.19. The van der Waals surface area contributed by atoms with Gasteiger partial charge in [-0.05, 0) is 43.5 Å². The predicted molar refractivity (Wildman–Crippen MR) is 77.8 cm³/mol. The van der Waals surface area contributed by atoms with E-state index in [1.807, 2.05) is 0 Å². The molecule has 3 atom stereocenters. The summed E-state index contributed by atoms with van der Waals surface area (Å²) in [7, 11) is 2.11. The largest absolute Gasteiger partial charge is 0.316 e. The highest BCUT2D eigenvalue weighted by Crippen LogP contribution is 2.37. The molecule has 17 heavy (non-hydrogen) atoms. The molecule has 3 unspecified atom stereocenters. The number of benzene rings is 1. The van der Waals surface area contributed by atoms with Crippen LogP contribution in [0.2, 0.25) is 0 Å². The highest BCUT2D eigenvalue weighted by molar-refractivity contribution is 7.99. The van der Waals surface area contributed by atoms with E-state index in [1.54, 1.807) is 0 Å². The van der Waals surface area contributed by atoms with Crippen LogP contribution in [0.3, 0.4) is 0 Å². The van der Waals surface area contributed by atoms with Crippen molar-refractivity contribution in [1.82, 2.24) is 5.32 Å². The quantitative estimate of drug-likeness (QED) is 0.874. The van der Waals surface area contributed by atoms with Crippen LogP contribution in [0.15, 0.2) is 30.3 Å². The van der Waals surface area contributed by atoms with Crippen LogP contribution in [0.4, 0.5) is 0 Å².